The molecule has 3 heteroatoms. The average molecular weight is 306 g/mol. The van der Waals surface area contributed by atoms with Gasteiger partial charge in [-0.3, -0.25) is 0 Å². The molecule has 0 N–H and O–H groups in total. The van der Waals surface area contributed by atoms with Crippen LogP contribution in [-0.2, 0) is 0 Å². The van der Waals surface area contributed by atoms with Crippen LogP contribution in [0.15, 0.2) is 64.2 Å². The smallest absolute Gasteiger partial charge is 0.247 e. The van der Waals surface area contributed by atoms with Crippen molar-refractivity contribution in [1.29, 1.82) is 0 Å². The summed E-state index contributed by atoms with van der Waals surface area (Å²) >= 11 is 0. The maximum Gasteiger partial charge on any atom is 0.247 e. The molecule has 2 aliphatic rings. The molecule has 118 valence electrons. The van der Waals surface area contributed by atoms with Gasteiger partial charge in [0, 0.05) is 11.1 Å². The van der Waals surface area contributed by atoms with Crippen LogP contribution in [-0.4, -0.2) is 10.2 Å². The first-order valence-corrected chi connectivity index (χ1v) is 8.02. The molecule has 2 atom stereocenters. The molecule has 0 spiro atoms. The van der Waals surface area contributed by atoms with Gasteiger partial charge in [-0.2, -0.15) is 0 Å². The fourth-order valence-corrected chi connectivity index (χ4v) is 2.90. The molecule has 0 radical (unpaired) electrons. The van der Waals surface area contributed by atoms with Crippen LogP contribution in [0.5, 0.6) is 0 Å². The van der Waals surface area contributed by atoms with E-state index in [0.717, 1.165) is 11.1 Å². The van der Waals surface area contributed by atoms with Crippen LogP contribution in [0.4, 0.5) is 0 Å². The average Bonchev–Trinajstić information content (AvgIpc) is 2.82. The molecule has 0 aliphatic heterocycles. The number of rotatable bonds is 2. The van der Waals surface area contributed by atoms with Crippen LogP contribution >= 0.6 is 0 Å². The first-order valence-electron chi connectivity index (χ1n) is 8.02. The predicted octanol–water partition coefficient (Wildman–Crippen LogP) is 5.14. The van der Waals surface area contributed by atoms with E-state index in [0.29, 0.717) is 23.6 Å². The molecule has 1 heterocycles. The summed E-state index contributed by atoms with van der Waals surface area (Å²) < 4.78 is 5.93. The quantitative estimate of drug-likeness (QED) is 0.759. The minimum absolute atomic E-state index is 0.346. The summed E-state index contributed by atoms with van der Waals surface area (Å²) in [5, 5.41) is 8.48. The first kappa shape index (κ1) is 15.5. The van der Waals surface area contributed by atoms with Crippen LogP contribution in [0.3, 0.4) is 0 Å². The molecule has 2 aliphatic carbocycles. The van der Waals surface area contributed by atoms with E-state index in [9.17, 15) is 0 Å². The van der Waals surface area contributed by atoms with Crippen molar-refractivity contribution in [3.05, 3.63) is 71.5 Å². The van der Waals surface area contributed by atoms with E-state index in [4.69, 9.17) is 4.42 Å². The van der Waals surface area contributed by atoms with Crippen LogP contribution in [0.25, 0.3) is 11.1 Å². The molecule has 0 saturated heterocycles. The van der Waals surface area contributed by atoms with E-state index < -0.39 is 0 Å². The largest absolute Gasteiger partial charge is 0.416 e. The zero-order chi connectivity index (χ0) is 16.4. The Morgan fingerprint density at radius 2 is 1.13 bits per heavy atom. The molecule has 3 nitrogen and oxygen atoms in total. The first-order chi connectivity index (χ1) is 11.0. The summed E-state index contributed by atoms with van der Waals surface area (Å²) in [4.78, 5) is 0. The van der Waals surface area contributed by atoms with E-state index in [1.165, 1.54) is 11.1 Å². The number of hydrogen-bond acceptors (Lipinski definition) is 3. The van der Waals surface area contributed by atoms with Crippen molar-refractivity contribution >= 4 is 11.1 Å². The second-order valence-corrected chi connectivity index (χ2v) is 6.36. The standard InChI is InChI=1S/C20H22N2O/c1-13-5-7-17(11-15(3)9-13)19-21-22-20(23-19)18-8-6-14(2)10-16(4)12-18/h5-12,15-16H,1-4H3. The monoisotopic (exact) mass is 306 g/mol. The maximum absolute atomic E-state index is 5.93. The molecule has 0 aromatic carbocycles. The minimum atomic E-state index is 0.346. The molecule has 1 aromatic heterocycles. The molecular weight excluding hydrogens is 284 g/mol. The molecule has 0 fully saturated rings. The second-order valence-electron chi connectivity index (χ2n) is 6.36. The summed E-state index contributed by atoms with van der Waals surface area (Å²) in [5.74, 6) is 1.84. The molecule has 3 rings (SSSR count). The topological polar surface area (TPSA) is 38.9 Å². The Morgan fingerprint density at radius 1 is 0.696 bits per heavy atom. The summed E-state index contributed by atoms with van der Waals surface area (Å²) in [6, 6.07) is 0. The van der Waals surface area contributed by atoms with Crippen molar-refractivity contribution in [3.63, 3.8) is 0 Å². The Kier molecular flexibility index (Phi) is 4.28. The normalized spacial score (nSPS) is 24.3. The van der Waals surface area contributed by atoms with Gasteiger partial charge in [-0.25, -0.2) is 0 Å². The lowest BCUT2D eigenvalue weighted by Crippen LogP contribution is -1.86. The van der Waals surface area contributed by atoms with E-state index in [2.05, 4.69) is 74.3 Å². The van der Waals surface area contributed by atoms with Gasteiger partial charge < -0.3 is 4.42 Å². The Balaban J connectivity index is 1.90. The summed E-state index contributed by atoms with van der Waals surface area (Å²) in [7, 11) is 0. The lowest BCUT2D eigenvalue weighted by atomic mass is 10.1. The molecule has 2 unspecified atom stereocenters. The number of hydrogen-bond donors (Lipinski definition) is 0. The van der Waals surface area contributed by atoms with Crippen molar-refractivity contribution in [3.8, 4) is 0 Å². The summed E-state index contributed by atoms with van der Waals surface area (Å²) in [6.45, 7) is 8.50. The van der Waals surface area contributed by atoms with Crippen molar-refractivity contribution in [2.75, 3.05) is 0 Å². The lowest BCUT2D eigenvalue weighted by molar-refractivity contribution is 0.526. The Bertz CT molecular complexity index is 720. The number of aromatic nitrogens is 2. The maximum atomic E-state index is 5.93. The van der Waals surface area contributed by atoms with Gasteiger partial charge in [0.1, 0.15) is 0 Å². The third-order valence-corrected chi connectivity index (χ3v) is 3.91. The lowest BCUT2D eigenvalue weighted by Gasteiger charge is -2.00. The predicted molar refractivity (Wildman–Crippen MR) is 94.4 cm³/mol. The molecular formula is C20H22N2O. The van der Waals surface area contributed by atoms with Gasteiger partial charge in [-0.15, -0.1) is 10.2 Å². The number of nitrogens with zero attached hydrogens (tertiary/aromatic N) is 2. The highest BCUT2D eigenvalue weighted by atomic mass is 16.4. The highest BCUT2D eigenvalue weighted by Gasteiger charge is 2.15. The van der Waals surface area contributed by atoms with E-state index >= 15 is 0 Å². The van der Waals surface area contributed by atoms with Gasteiger partial charge in [-0.05, 0) is 37.8 Å². The van der Waals surface area contributed by atoms with Gasteiger partial charge in [0.15, 0.2) is 0 Å². The fraction of sp³-hybridized carbons (Fsp3) is 0.300. The van der Waals surface area contributed by atoms with E-state index in [1.807, 2.05) is 12.2 Å². The fourth-order valence-electron chi connectivity index (χ4n) is 2.90. The van der Waals surface area contributed by atoms with Crippen LogP contribution in [0.1, 0.15) is 39.5 Å². The molecule has 1 aromatic rings. The summed E-state index contributed by atoms with van der Waals surface area (Å²) in [5.41, 5.74) is 4.44. The van der Waals surface area contributed by atoms with Gasteiger partial charge in [-0.1, -0.05) is 61.4 Å². The highest BCUT2D eigenvalue weighted by molar-refractivity contribution is 5.73. The van der Waals surface area contributed by atoms with Crippen molar-refractivity contribution in [1.82, 2.24) is 10.2 Å². The van der Waals surface area contributed by atoms with Crippen LogP contribution in [0, 0.1) is 11.8 Å². The van der Waals surface area contributed by atoms with Crippen molar-refractivity contribution in [2.45, 2.75) is 27.7 Å². The van der Waals surface area contributed by atoms with Gasteiger partial charge in [0.05, 0.1) is 0 Å². The van der Waals surface area contributed by atoms with Crippen LogP contribution in [0.2, 0.25) is 0 Å². The van der Waals surface area contributed by atoms with Gasteiger partial charge >= 0.3 is 0 Å². The Labute approximate surface area is 137 Å². The Hall–Kier alpha value is -2.42. The molecule has 0 bridgehead atoms. The van der Waals surface area contributed by atoms with Crippen LogP contribution < -0.4 is 0 Å². The second kappa shape index (κ2) is 6.37. The van der Waals surface area contributed by atoms with Crippen molar-refractivity contribution in [2.24, 2.45) is 11.8 Å². The zero-order valence-corrected chi connectivity index (χ0v) is 14.1. The molecule has 0 saturated carbocycles. The van der Waals surface area contributed by atoms with Gasteiger partial charge in [0.25, 0.3) is 0 Å². The SMILES string of the molecule is CC1=CC(C)C=C(c2nnc(C3=CC(C)C=C(C)C=C3)o2)C=C1. The van der Waals surface area contributed by atoms with Crippen molar-refractivity contribution < 1.29 is 4.42 Å². The molecule has 0 amide bonds. The highest BCUT2D eigenvalue weighted by Crippen LogP contribution is 2.26. The minimum Gasteiger partial charge on any atom is -0.416 e. The molecule has 23 heavy (non-hydrogen) atoms. The Morgan fingerprint density at radius 3 is 1.57 bits per heavy atom. The zero-order valence-electron chi connectivity index (χ0n) is 14.1. The third-order valence-electron chi connectivity index (χ3n) is 3.91. The van der Waals surface area contributed by atoms with E-state index in [-0.39, 0.29) is 0 Å². The van der Waals surface area contributed by atoms with Gasteiger partial charge in [0.2, 0.25) is 11.8 Å². The third kappa shape index (κ3) is 3.67. The number of allylic oxidation sites excluding steroid dienone is 12. The summed E-state index contributed by atoms with van der Waals surface area (Å²) in [6.07, 6.45) is 17.0. The van der Waals surface area contributed by atoms with E-state index in [1.54, 1.807) is 0 Å².